The third-order valence-electron chi connectivity index (χ3n) is 1.63. The second-order valence-electron chi connectivity index (χ2n) is 2.91. The number of rotatable bonds is 2. The van der Waals surface area contributed by atoms with Crippen molar-refractivity contribution in [3.05, 3.63) is 28.8 Å². The minimum absolute atomic E-state index is 0.0366. The maximum Gasteiger partial charge on any atom is 0.416 e. The molecule has 0 fully saturated rings. The van der Waals surface area contributed by atoms with E-state index in [9.17, 15) is 18.0 Å². The van der Waals surface area contributed by atoms with Crippen LogP contribution in [0.3, 0.4) is 0 Å². The van der Waals surface area contributed by atoms with E-state index in [1.807, 2.05) is 0 Å². The van der Waals surface area contributed by atoms with Gasteiger partial charge in [-0.05, 0) is 18.2 Å². The first kappa shape index (κ1) is 13.1. The van der Waals surface area contributed by atoms with Crippen LogP contribution >= 0.6 is 23.2 Å². The lowest BCUT2D eigenvalue weighted by Crippen LogP contribution is -2.13. The summed E-state index contributed by atoms with van der Waals surface area (Å²) in [6.07, 6.45) is -4.51. The summed E-state index contributed by atoms with van der Waals surface area (Å²) in [6, 6.07) is 2.77. The van der Waals surface area contributed by atoms with E-state index in [2.05, 4.69) is 5.32 Å². The first-order valence-corrected chi connectivity index (χ1v) is 4.98. The van der Waals surface area contributed by atoms with Crippen molar-refractivity contribution in [1.82, 2.24) is 0 Å². The smallest absolute Gasteiger partial charge is 0.325 e. The largest absolute Gasteiger partial charge is 0.416 e. The van der Waals surface area contributed by atoms with Gasteiger partial charge in [-0.2, -0.15) is 13.2 Å². The van der Waals surface area contributed by atoms with Crippen LogP contribution < -0.4 is 5.32 Å². The summed E-state index contributed by atoms with van der Waals surface area (Å²) in [7, 11) is 0. The van der Waals surface area contributed by atoms with Gasteiger partial charge in [0.15, 0.2) is 0 Å². The summed E-state index contributed by atoms with van der Waals surface area (Å²) in [5.41, 5.74) is -0.963. The maximum atomic E-state index is 12.4. The number of benzene rings is 1. The fourth-order valence-electron chi connectivity index (χ4n) is 1.02. The summed E-state index contributed by atoms with van der Waals surface area (Å²) in [4.78, 5) is 10.9. The topological polar surface area (TPSA) is 29.1 Å². The van der Waals surface area contributed by atoms with E-state index in [0.717, 1.165) is 12.1 Å². The van der Waals surface area contributed by atoms with Crippen molar-refractivity contribution >= 4 is 34.8 Å². The van der Waals surface area contributed by atoms with Gasteiger partial charge in [0.2, 0.25) is 5.91 Å². The third kappa shape index (κ3) is 3.57. The van der Waals surface area contributed by atoms with Gasteiger partial charge in [0.1, 0.15) is 5.88 Å². The van der Waals surface area contributed by atoms with Crippen LogP contribution in [0.1, 0.15) is 5.56 Å². The highest BCUT2D eigenvalue weighted by molar-refractivity contribution is 6.31. The van der Waals surface area contributed by atoms with Crippen LogP contribution in [0.4, 0.5) is 18.9 Å². The van der Waals surface area contributed by atoms with Crippen molar-refractivity contribution in [2.75, 3.05) is 11.2 Å². The Morgan fingerprint density at radius 3 is 2.44 bits per heavy atom. The SMILES string of the molecule is O=C(CCl)Nc1cc(Cl)cc(C(F)(F)F)c1. The van der Waals surface area contributed by atoms with E-state index in [1.54, 1.807) is 0 Å². The average Bonchev–Trinajstić information content (AvgIpc) is 2.15. The van der Waals surface area contributed by atoms with Gasteiger partial charge in [-0.3, -0.25) is 4.79 Å². The summed E-state index contributed by atoms with van der Waals surface area (Å²) < 4.78 is 37.1. The molecule has 0 unspecified atom stereocenters. The number of hydrogen-bond acceptors (Lipinski definition) is 1. The zero-order valence-electron chi connectivity index (χ0n) is 7.74. The quantitative estimate of drug-likeness (QED) is 0.820. The molecule has 88 valence electrons. The minimum atomic E-state index is -4.51. The third-order valence-corrected chi connectivity index (χ3v) is 2.09. The van der Waals surface area contributed by atoms with Crippen LogP contribution in [0.25, 0.3) is 0 Å². The lowest BCUT2D eigenvalue weighted by Gasteiger charge is -2.10. The Morgan fingerprint density at radius 2 is 1.94 bits per heavy atom. The van der Waals surface area contributed by atoms with Crippen LogP contribution in [-0.4, -0.2) is 11.8 Å². The molecule has 0 aliphatic heterocycles. The van der Waals surface area contributed by atoms with Crippen molar-refractivity contribution in [1.29, 1.82) is 0 Å². The van der Waals surface area contributed by atoms with Gasteiger partial charge in [0.05, 0.1) is 5.56 Å². The Hall–Kier alpha value is -0.940. The highest BCUT2D eigenvalue weighted by atomic mass is 35.5. The number of alkyl halides is 4. The Bertz CT molecular complexity index is 406. The van der Waals surface area contributed by atoms with Gasteiger partial charge in [-0.15, -0.1) is 11.6 Å². The van der Waals surface area contributed by atoms with Gasteiger partial charge in [0, 0.05) is 10.7 Å². The van der Waals surface area contributed by atoms with E-state index < -0.39 is 17.6 Å². The van der Waals surface area contributed by atoms with E-state index in [-0.39, 0.29) is 16.6 Å². The number of anilines is 1. The second kappa shape index (κ2) is 4.93. The molecule has 0 aliphatic carbocycles. The van der Waals surface area contributed by atoms with Crippen molar-refractivity contribution in [3.8, 4) is 0 Å². The highest BCUT2D eigenvalue weighted by Crippen LogP contribution is 2.33. The monoisotopic (exact) mass is 271 g/mol. The molecule has 16 heavy (non-hydrogen) atoms. The maximum absolute atomic E-state index is 12.4. The molecule has 1 N–H and O–H groups in total. The molecule has 0 saturated heterocycles. The van der Waals surface area contributed by atoms with Crippen molar-refractivity contribution in [3.63, 3.8) is 0 Å². The highest BCUT2D eigenvalue weighted by Gasteiger charge is 2.31. The predicted octanol–water partition coefficient (Wildman–Crippen LogP) is 3.54. The first-order valence-electron chi connectivity index (χ1n) is 4.06. The normalized spacial score (nSPS) is 11.3. The lowest BCUT2D eigenvalue weighted by molar-refractivity contribution is -0.137. The molecule has 1 amide bonds. The lowest BCUT2D eigenvalue weighted by atomic mass is 10.2. The van der Waals surface area contributed by atoms with Gasteiger partial charge in [-0.1, -0.05) is 11.6 Å². The summed E-state index contributed by atoms with van der Waals surface area (Å²) in [5.74, 6) is -0.939. The summed E-state index contributed by atoms with van der Waals surface area (Å²) >= 11 is 10.7. The average molecular weight is 272 g/mol. The summed E-state index contributed by atoms with van der Waals surface area (Å²) in [6.45, 7) is 0. The molecule has 0 aliphatic rings. The standard InChI is InChI=1S/C9H6Cl2F3NO/c10-4-8(16)15-7-2-5(9(12,13)14)1-6(11)3-7/h1-3H,4H2,(H,15,16). The minimum Gasteiger partial charge on any atom is -0.325 e. The first-order chi connectivity index (χ1) is 7.32. The molecule has 0 atom stereocenters. The predicted molar refractivity (Wildman–Crippen MR) is 55.8 cm³/mol. The Labute approximate surface area is 99.3 Å². The van der Waals surface area contributed by atoms with Crippen LogP contribution in [0.15, 0.2) is 18.2 Å². The number of amides is 1. The molecule has 0 spiro atoms. The van der Waals surface area contributed by atoms with E-state index in [1.165, 1.54) is 6.07 Å². The Balaban J connectivity index is 3.04. The molecule has 7 heteroatoms. The van der Waals surface area contributed by atoms with Gasteiger partial charge >= 0.3 is 6.18 Å². The van der Waals surface area contributed by atoms with E-state index in [4.69, 9.17) is 23.2 Å². The van der Waals surface area contributed by atoms with Crippen molar-refractivity contribution in [2.24, 2.45) is 0 Å². The number of nitrogens with one attached hydrogen (secondary N) is 1. The molecule has 1 rings (SSSR count). The van der Waals surface area contributed by atoms with Crippen LogP contribution in [0.2, 0.25) is 5.02 Å². The van der Waals surface area contributed by atoms with Crippen molar-refractivity contribution < 1.29 is 18.0 Å². The fraction of sp³-hybridized carbons (Fsp3) is 0.222. The number of carbonyl (C=O) groups is 1. The molecule has 0 heterocycles. The Kier molecular flexibility index (Phi) is 4.04. The number of halogens is 5. The molecule has 0 aromatic heterocycles. The van der Waals surface area contributed by atoms with Crippen LogP contribution in [0, 0.1) is 0 Å². The molecular weight excluding hydrogens is 266 g/mol. The summed E-state index contributed by atoms with van der Waals surface area (Å²) in [5, 5.41) is 2.08. The molecular formula is C9H6Cl2F3NO. The van der Waals surface area contributed by atoms with E-state index >= 15 is 0 Å². The van der Waals surface area contributed by atoms with Crippen LogP contribution in [0.5, 0.6) is 0 Å². The molecule has 0 radical (unpaired) electrons. The molecule has 0 saturated carbocycles. The molecule has 0 bridgehead atoms. The van der Waals surface area contributed by atoms with Gasteiger partial charge in [-0.25, -0.2) is 0 Å². The zero-order chi connectivity index (χ0) is 12.3. The second-order valence-corrected chi connectivity index (χ2v) is 3.61. The number of carbonyl (C=O) groups excluding carboxylic acids is 1. The Morgan fingerprint density at radius 1 is 1.31 bits per heavy atom. The van der Waals surface area contributed by atoms with E-state index in [0.29, 0.717) is 0 Å². The molecule has 1 aromatic rings. The van der Waals surface area contributed by atoms with Gasteiger partial charge < -0.3 is 5.32 Å². The molecule has 1 aromatic carbocycles. The fourth-order valence-corrected chi connectivity index (χ4v) is 1.32. The number of hydrogen-bond donors (Lipinski definition) is 1. The van der Waals surface area contributed by atoms with Crippen LogP contribution in [-0.2, 0) is 11.0 Å². The van der Waals surface area contributed by atoms with Crippen molar-refractivity contribution in [2.45, 2.75) is 6.18 Å². The molecule has 2 nitrogen and oxygen atoms in total. The zero-order valence-corrected chi connectivity index (χ0v) is 9.25. The van der Waals surface area contributed by atoms with Gasteiger partial charge in [0.25, 0.3) is 0 Å².